The van der Waals surface area contributed by atoms with Crippen molar-refractivity contribution in [3.63, 3.8) is 0 Å². The molecule has 4 nitrogen and oxygen atoms in total. The molecular weight excluding hydrogens is 429 g/mol. The number of benzene rings is 3. The molecule has 0 saturated heterocycles. The lowest BCUT2D eigenvalue weighted by molar-refractivity contribution is -0.137. The maximum atomic E-state index is 12.9. The molecule has 33 heavy (non-hydrogen) atoms. The summed E-state index contributed by atoms with van der Waals surface area (Å²) in [4.78, 5) is 12.7. The minimum atomic E-state index is -4.36. The number of likely N-dealkylation sites (N-methyl/N-ethyl adjacent to an activating group) is 1. The highest BCUT2D eigenvalue weighted by Gasteiger charge is 2.30. The Bertz CT molecular complexity index is 1040. The number of hydrogen-bond donors (Lipinski definition) is 2. The molecule has 2 N–H and O–H groups in total. The zero-order valence-electron chi connectivity index (χ0n) is 18.5. The molecule has 2 atom stereocenters. The lowest BCUT2D eigenvalue weighted by Crippen LogP contribution is -2.38. The summed E-state index contributed by atoms with van der Waals surface area (Å²) in [6.45, 7) is 0. The number of ether oxygens (including phenoxy) is 1. The maximum Gasteiger partial charge on any atom is 0.416 e. The quantitative estimate of drug-likeness (QED) is 0.449. The predicted octanol–water partition coefficient (Wildman–Crippen LogP) is 5.46. The number of alkyl halides is 3. The fourth-order valence-electron chi connectivity index (χ4n) is 3.69. The van der Waals surface area contributed by atoms with E-state index in [9.17, 15) is 18.0 Å². The van der Waals surface area contributed by atoms with Gasteiger partial charge in [0.1, 0.15) is 11.8 Å². The van der Waals surface area contributed by atoms with Crippen LogP contribution in [0.5, 0.6) is 5.75 Å². The van der Waals surface area contributed by atoms with Gasteiger partial charge in [0.15, 0.2) is 0 Å². The van der Waals surface area contributed by atoms with E-state index < -0.39 is 17.8 Å². The molecule has 0 aliphatic rings. The van der Waals surface area contributed by atoms with Gasteiger partial charge in [0.25, 0.3) is 0 Å². The van der Waals surface area contributed by atoms with Crippen molar-refractivity contribution in [3.8, 4) is 5.75 Å². The maximum absolute atomic E-state index is 12.9. The molecule has 0 bridgehead atoms. The van der Waals surface area contributed by atoms with Crippen LogP contribution < -0.4 is 15.4 Å². The molecule has 7 heteroatoms. The van der Waals surface area contributed by atoms with Crippen molar-refractivity contribution < 1.29 is 22.7 Å². The Kier molecular flexibility index (Phi) is 8.11. The van der Waals surface area contributed by atoms with Gasteiger partial charge in [-0.2, -0.15) is 13.2 Å². The van der Waals surface area contributed by atoms with Gasteiger partial charge in [-0.05, 0) is 53.8 Å². The molecule has 174 valence electrons. The summed E-state index contributed by atoms with van der Waals surface area (Å²) in [5.41, 5.74) is 1.86. The smallest absolute Gasteiger partial charge is 0.416 e. The van der Waals surface area contributed by atoms with Crippen LogP contribution in [-0.2, 0) is 17.4 Å². The van der Waals surface area contributed by atoms with Crippen molar-refractivity contribution in [2.45, 2.75) is 31.1 Å². The molecule has 0 aromatic heterocycles. The molecule has 1 amide bonds. The molecule has 0 aliphatic carbocycles. The van der Waals surface area contributed by atoms with Gasteiger partial charge in [-0.15, -0.1) is 0 Å². The van der Waals surface area contributed by atoms with Gasteiger partial charge >= 0.3 is 6.18 Å². The van der Waals surface area contributed by atoms with Crippen LogP contribution >= 0.6 is 0 Å². The van der Waals surface area contributed by atoms with E-state index in [1.807, 2.05) is 54.6 Å². The second-order valence-electron chi connectivity index (χ2n) is 7.69. The van der Waals surface area contributed by atoms with Crippen LogP contribution in [0.25, 0.3) is 0 Å². The third-order valence-corrected chi connectivity index (χ3v) is 5.51. The largest absolute Gasteiger partial charge is 0.497 e. The van der Waals surface area contributed by atoms with Crippen LogP contribution in [0.2, 0.25) is 0 Å². The van der Waals surface area contributed by atoms with Gasteiger partial charge in [0.2, 0.25) is 5.91 Å². The fourth-order valence-corrected chi connectivity index (χ4v) is 3.69. The molecule has 0 heterocycles. The van der Waals surface area contributed by atoms with Crippen molar-refractivity contribution in [1.82, 2.24) is 10.6 Å². The third-order valence-electron chi connectivity index (χ3n) is 5.51. The lowest BCUT2D eigenvalue weighted by Gasteiger charge is -2.26. The Morgan fingerprint density at radius 3 is 2.21 bits per heavy atom. The molecule has 0 aliphatic heterocycles. The number of rotatable bonds is 9. The lowest BCUT2D eigenvalue weighted by atomic mass is 9.96. The number of amides is 1. The molecule has 3 aromatic rings. The number of halogens is 3. The minimum absolute atomic E-state index is 0.177. The first-order valence-corrected chi connectivity index (χ1v) is 10.6. The minimum Gasteiger partial charge on any atom is -0.497 e. The number of nitrogens with one attached hydrogen (secondary N) is 2. The normalized spacial score (nSPS) is 13.2. The third kappa shape index (κ3) is 6.58. The molecule has 0 unspecified atom stereocenters. The van der Waals surface area contributed by atoms with Gasteiger partial charge in [-0.1, -0.05) is 54.6 Å². The molecule has 0 saturated carbocycles. The van der Waals surface area contributed by atoms with Crippen LogP contribution in [0.15, 0.2) is 78.9 Å². The number of methoxy groups -OCH3 is 1. The van der Waals surface area contributed by atoms with Crippen LogP contribution in [0.1, 0.15) is 40.8 Å². The average Bonchev–Trinajstić information content (AvgIpc) is 2.84. The Hall–Kier alpha value is -3.32. The van der Waals surface area contributed by atoms with Gasteiger partial charge in [-0.3, -0.25) is 10.1 Å². The standard InChI is InChI=1S/C26H27F3N2O2/c1-30-25(32)24(19-7-4-3-5-8-19)31-23(20-9-6-10-22(17-20)33-2)16-13-18-11-14-21(15-12-18)26(27,28)29/h3-12,14-15,17,23-24,31H,13,16H2,1-2H3,(H,30,32)/t23-,24-/m0/s1. The number of hydrogen-bond acceptors (Lipinski definition) is 3. The van der Waals surface area contributed by atoms with Crippen LogP contribution in [0.3, 0.4) is 0 Å². The summed E-state index contributed by atoms with van der Waals surface area (Å²) < 4.78 is 44.0. The second-order valence-corrected chi connectivity index (χ2v) is 7.69. The van der Waals surface area contributed by atoms with E-state index in [1.165, 1.54) is 12.1 Å². The van der Waals surface area contributed by atoms with Gasteiger partial charge in [0, 0.05) is 13.1 Å². The van der Waals surface area contributed by atoms with E-state index in [2.05, 4.69) is 10.6 Å². The first-order chi connectivity index (χ1) is 15.8. The Morgan fingerprint density at radius 2 is 1.61 bits per heavy atom. The molecule has 3 rings (SSSR count). The van der Waals surface area contributed by atoms with Crippen molar-refractivity contribution in [3.05, 3.63) is 101 Å². The SMILES string of the molecule is CNC(=O)[C@@H](N[C@@H](CCc1ccc(C(F)(F)F)cc1)c1cccc(OC)c1)c1ccccc1. The second kappa shape index (κ2) is 11.0. The van der Waals surface area contributed by atoms with Gasteiger partial charge < -0.3 is 10.1 Å². The van der Waals surface area contributed by atoms with Crippen molar-refractivity contribution in [1.29, 1.82) is 0 Å². The van der Waals surface area contributed by atoms with Crippen molar-refractivity contribution in [2.75, 3.05) is 14.2 Å². The van der Waals surface area contributed by atoms with Crippen molar-refractivity contribution >= 4 is 5.91 Å². The zero-order valence-corrected chi connectivity index (χ0v) is 18.5. The van der Waals surface area contributed by atoms with E-state index >= 15 is 0 Å². The van der Waals surface area contributed by atoms with E-state index in [1.54, 1.807) is 14.2 Å². The summed E-state index contributed by atoms with van der Waals surface area (Å²) >= 11 is 0. The summed E-state index contributed by atoms with van der Waals surface area (Å²) in [6.07, 6.45) is -3.26. The first-order valence-electron chi connectivity index (χ1n) is 10.6. The van der Waals surface area contributed by atoms with Crippen LogP contribution in [0, 0.1) is 0 Å². The summed E-state index contributed by atoms with van der Waals surface area (Å²) in [6, 6.07) is 21.3. The Balaban J connectivity index is 1.86. The number of carbonyl (C=O) groups excluding carboxylic acids is 1. The zero-order chi connectivity index (χ0) is 23.8. The van der Waals surface area contributed by atoms with E-state index in [0.717, 1.165) is 28.8 Å². The monoisotopic (exact) mass is 456 g/mol. The van der Waals surface area contributed by atoms with Gasteiger partial charge in [-0.25, -0.2) is 0 Å². The number of carbonyl (C=O) groups is 1. The Labute approximate surface area is 191 Å². The topological polar surface area (TPSA) is 50.4 Å². The highest BCUT2D eigenvalue weighted by Crippen LogP contribution is 2.30. The van der Waals surface area contributed by atoms with Crippen LogP contribution in [0.4, 0.5) is 13.2 Å². The van der Waals surface area contributed by atoms with E-state index in [4.69, 9.17) is 4.74 Å². The molecule has 0 fully saturated rings. The Morgan fingerprint density at radius 1 is 0.939 bits per heavy atom. The average molecular weight is 457 g/mol. The highest BCUT2D eigenvalue weighted by molar-refractivity contribution is 5.83. The first kappa shape index (κ1) is 24.3. The van der Waals surface area contributed by atoms with E-state index in [0.29, 0.717) is 18.6 Å². The molecule has 0 spiro atoms. The molecule has 3 aromatic carbocycles. The summed E-state index contributed by atoms with van der Waals surface area (Å²) in [7, 11) is 3.17. The summed E-state index contributed by atoms with van der Waals surface area (Å²) in [5, 5.41) is 6.15. The van der Waals surface area contributed by atoms with E-state index in [-0.39, 0.29) is 11.9 Å². The number of aryl methyl sites for hydroxylation is 1. The predicted molar refractivity (Wildman–Crippen MR) is 122 cm³/mol. The van der Waals surface area contributed by atoms with Crippen LogP contribution in [-0.4, -0.2) is 20.1 Å². The molecule has 0 radical (unpaired) electrons. The van der Waals surface area contributed by atoms with Crippen molar-refractivity contribution in [2.24, 2.45) is 0 Å². The highest BCUT2D eigenvalue weighted by atomic mass is 19.4. The fraction of sp³-hybridized carbons (Fsp3) is 0.269. The molecular formula is C26H27F3N2O2. The van der Waals surface area contributed by atoms with Gasteiger partial charge in [0.05, 0.1) is 12.7 Å². The summed E-state index contributed by atoms with van der Waals surface area (Å²) in [5.74, 6) is 0.508.